The van der Waals surface area contributed by atoms with Crippen molar-refractivity contribution < 1.29 is 80.2 Å². The van der Waals surface area contributed by atoms with Gasteiger partial charge in [0.1, 0.15) is 19.3 Å². The Morgan fingerprint density at radius 1 is 0.314 bits per heavy atom. The predicted octanol–water partition coefficient (Wildman–Crippen LogP) is 25.8. The summed E-state index contributed by atoms with van der Waals surface area (Å²) in [4.78, 5) is 73.2. The van der Waals surface area contributed by atoms with Crippen molar-refractivity contribution in [2.45, 2.75) is 452 Å². The molecule has 0 aliphatic rings. The lowest BCUT2D eigenvalue weighted by Gasteiger charge is -2.21. The van der Waals surface area contributed by atoms with Gasteiger partial charge in [0.2, 0.25) is 0 Å². The van der Waals surface area contributed by atoms with Crippen molar-refractivity contribution in [2.24, 2.45) is 11.8 Å². The van der Waals surface area contributed by atoms with Crippen LogP contribution in [0.1, 0.15) is 433 Å². The molecule has 0 aromatic rings. The van der Waals surface area contributed by atoms with E-state index in [1.165, 1.54) is 231 Å². The van der Waals surface area contributed by atoms with Gasteiger partial charge in [-0.2, -0.15) is 0 Å². The quantitative estimate of drug-likeness (QED) is 0.0169. The zero-order chi connectivity index (χ0) is 77.1. The van der Waals surface area contributed by atoms with Crippen molar-refractivity contribution in [1.29, 1.82) is 0 Å². The highest BCUT2D eigenvalue weighted by Crippen LogP contribution is 2.45. The minimum atomic E-state index is -4.97. The molecule has 0 aromatic carbocycles. The van der Waals surface area contributed by atoms with Crippen molar-refractivity contribution in [3.63, 3.8) is 0 Å². The lowest BCUT2D eigenvalue weighted by atomic mass is 10.00. The van der Waals surface area contributed by atoms with Crippen LogP contribution in [0.3, 0.4) is 0 Å². The van der Waals surface area contributed by atoms with Crippen molar-refractivity contribution in [2.75, 3.05) is 39.6 Å². The number of hydrogen-bond acceptors (Lipinski definition) is 15. The molecule has 3 unspecified atom stereocenters. The van der Waals surface area contributed by atoms with Crippen molar-refractivity contribution in [3.8, 4) is 0 Å². The van der Waals surface area contributed by atoms with Crippen LogP contribution in [0.2, 0.25) is 0 Å². The molecule has 0 saturated heterocycles. The summed E-state index contributed by atoms with van der Waals surface area (Å²) in [5, 5.41) is 10.7. The van der Waals surface area contributed by atoms with Crippen LogP contribution >= 0.6 is 15.6 Å². The third-order valence-electron chi connectivity index (χ3n) is 19.9. The molecule has 0 aliphatic heterocycles. The lowest BCUT2D eigenvalue weighted by molar-refractivity contribution is -0.161. The molecule has 0 rings (SSSR count). The van der Waals surface area contributed by atoms with Gasteiger partial charge in [0, 0.05) is 25.7 Å². The summed E-state index contributed by atoms with van der Waals surface area (Å²) in [6, 6.07) is 0. The van der Waals surface area contributed by atoms with Crippen LogP contribution in [-0.4, -0.2) is 96.7 Å². The maximum Gasteiger partial charge on any atom is 0.472 e. The maximum atomic E-state index is 13.1. The monoisotopic (exact) mass is 1530 g/mol. The molecule has 0 bridgehead atoms. The van der Waals surface area contributed by atoms with Gasteiger partial charge in [-0.15, -0.1) is 0 Å². The molecule has 0 amide bonds. The summed E-state index contributed by atoms with van der Waals surface area (Å²) < 4.78 is 68.8. The zero-order valence-electron chi connectivity index (χ0n) is 68.5. The average Bonchev–Trinajstić information content (AvgIpc) is 0.928. The molecular weight excluding hydrogens is 1370 g/mol. The molecule has 19 heteroatoms. The largest absolute Gasteiger partial charge is 0.472 e. The number of allylic oxidation sites excluding steroid dienone is 4. The molecule has 105 heavy (non-hydrogen) atoms. The van der Waals surface area contributed by atoms with Crippen LogP contribution in [0.15, 0.2) is 24.3 Å². The molecule has 0 fully saturated rings. The third kappa shape index (κ3) is 78.0. The first-order valence-corrected chi connectivity index (χ1v) is 46.8. The van der Waals surface area contributed by atoms with Gasteiger partial charge in [0.25, 0.3) is 0 Å². The first-order chi connectivity index (χ1) is 50.9. The number of aliphatic hydroxyl groups excluding tert-OH is 1. The van der Waals surface area contributed by atoms with Crippen LogP contribution in [-0.2, 0) is 65.4 Å². The van der Waals surface area contributed by atoms with Crippen LogP contribution < -0.4 is 0 Å². The number of ether oxygens (including phenoxy) is 4. The Morgan fingerprint density at radius 3 is 0.857 bits per heavy atom. The van der Waals surface area contributed by atoms with Crippen LogP contribution in [0, 0.1) is 11.8 Å². The van der Waals surface area contributed by atoms with Crippen LogP contribution in [0.4, 0.5) is 0 Å². The molecule has 17 nitrogen and oxygen atoms in total. The number of carbonyl (C=O) groups excluding carboxylic acids is 4. The van der Waals surface area contributed by atoms with E-state index in [9.17, 15) is 43.2 Å². The molecule has 0 aromatic heterocycles. The Hall–Kier alpha value is -2.46. The summed E-state index contributed by atoms with van der Waals surface area (Å²) in [6.45, 7) is 9.58. The van der Waals surface area contributed by atoms with Gasteiger partial charge >= 0.3 is 39.5 Å². The second kappa shape index (κ2) is 76.9. The minimum absolute atomic E-state index is 0.0844. The second-order valence-corrected chi connectivity index (χ2v) is 33.9. The topological polar surface area (TPSA) is 237 Å². The van der Waals surface area contributed by atoms with E-state index in [1.54, 1.807) is 0 Å². The number of esters is 4. The Kier molecular flexibility index (Phi) is 75.1. The van der Waals surface area contributed by atoms with E-state index in [4.69, 9.17) is 37.0 Å². The van der Waals surface area contributed by atoms with Gasteiger partial charge in [0.05, 0.1) is 26.4 Å². The number of hydrogen-bond donors (Lipinski definition) is 3. The first-order valence-electron chi connectivity index (χ1n) is 43.8. The number of phosphoric ester groups is 2. The standard InChI is InChI=1S/C86H164O17P2/c1-7-10-12-14-16-18-20-22-24-25-26-27-28-29-35-39-43-47-51-59-65-70-85(90)102-81(74-96-83(88)68-62-56-49-45-41-37-34-31-30-33-36-40-44-48-54-60-66-78(4)5)76-100-104(92,93)98-72-80(87)73-99-105(94,95)101-77-82(75-97-84(89)69-63-57-53-52-55-61-67-79(6)9-3)103-86(91)71-64-58-50-46-42-38-32-23-21-19-17-15-13-11-8-2/h19,21,23,32,78-82,87H,7-18,20,22,24-31,33-77H2,1-6H3,(H,92,93)(H,94,95)/b21-19-,32-23-/t79?,80-,81-,82-/m1/s1. The van der Waals surface area contributed by atoms with E-state index in [1.807, 2.05) is 0 Å². The summed E-state index contributed by atoms with van der Waals surface area (Å²) >= 11 is 0. The van der Waals surface area contributed by atoms with Crippen LogP contribution in [0.25, 0.3) is 0 Å². The van der Waals surface area contributed by atoms with Gasteiger partial charge in [-0.05, 0) is 63.2 Å². The fraction of sp³-hybridized carbons (Fsp3) is 0.907. The fourth-order valence-corrected chi connectivity index (χ4v) is 14.4. The fourth-order valence-electron chi connectivity index (χ4n) is 12.8. The molecule has 620 valence electrons. The smallest absolute Gasteiger partial charge is 0.462 e. The maximum absolute atomic E-state index is 13.1. The number of carbonyl (C=O) groups is 4. The lowest BCUT2D eigenvalue weighted by Crippen LogP contribution is -2.30. The number of aliphatic hydroxyl groups is 1. The molecule has 0 heterocycles. The van der Waals surface area contributed by atoms with Crippen molar-refractivity contribution in [3.05, 3.63) is 24.3 Å². The Balaban J connectivity index is 5.26. The van der Waals surface area contributed by atoms with E-state index >= 15 is 0 Å². The molecule has 6 atom stereocenters. The van der Waals surface area contributed by atoms with E-state index in [2.05, 4.69) is 65.8 Å². The normalized spacial score (nSPS) is 14.2. The molecular formula is C86H164O17P2. The first kappa shape index (κ1) is 103. The minimum Gasteiger partial charge on any atom is -0.462 e. The molecule has 3 N–H and O–H groups in total. The van der Waals surface area contributed by atoms with E-state index < -0.39 is 97.5 Å². The highest BCUT2D eigenvalue weighted by Gasteiger charge is 2.30. The molecule has 0 aliphatic carbocycles. The number of rotatable bonds is 83. The molecule has 0 spiro atoms. The van der Waals surface area contributed by atoms with Crippen molar-refractivity contribution >= 4 is 39.5 Å². The second-order valence-electron chi connectivity index (χ2n) is 31.0. The van der Waals surface area contributed by atoms with Crippen molar-refractivity contribution in [1.82, 2.24) is 0 Å². The van der Waals surface area contributed by atoms with Gasteiger partial charge in [0.15, 0.2) is 12.2 Å². The third-order valence-corrected chi connectivity index (χ3v) is 21.8. The Morgan fingerprint density at radius 2 is 0.562 bits per heavy atom. The van der Waals surface area contributed by atoms with E-state index in [0.29, 0.717) is 25.7 Å². The predicted molar refractivity (Wildman–Crippen MR) is 432 cm³/mol. The molecule has 0 radical (unpaired) electrons. The van der Waals surface area contributed by atoms with E-state index in [-0.39, 0.29) is 25.7 Å². The summed E-state index contributed by atoms with van der Waals surface area (Å²) in [7, 11) is -9.94. The van der Waals surface area contributed by atoms with Gasteiger partial charge in [-0.1, -0.05) is 380 Å². The SMILES string of the molecule is CCCCCC/C=C\C=C/CCCCCCCC(=O)O[C@H](COC(=O)CCCCCCCCC(C)CC)COP(=O)(O)OC[C@H](O)COP(=O)(O)OC[C@@H](COC(=O)CCCCCCCCCCCCCCCCCCC(C)C)OC(=O)CCCCCCCCCCCCCCCCCCCCCCC. The highest BCUT2D eigenvalue weighted by molar-refractivity contribution is 7.47. The summed E-state index contributed by atoms with van der Waals surface area (Å²) in [5.41, 5.74) is 0. The van der Waals surface area contributed by atoms with Gasteiger partial charge in [-0.3, -0.25) is 37.3 Å². The van der Waals surface area contributed by atoms with E-state index in [0.717, 1.165) is 121 Å². The number of unbranched alkanes of at least 4 members (excludes halogenated alkanes) is 49. The average molecular weight is 1530 g/mol. The highest BCUT2D eigenvalue weighted by atomic mass is 31.2. The Labute approximate surface area is 643 Å². The zero-order valence-corrected chi connectivity index (χ0v) is 70.3. The van der Waals surface area contributed by atoms with Crippen LogP contribution in [0.5, 0.6) is 0 Å². The Bertz CT molecular complexity index is 2110. The summed E-state index contributed by atoms with van der Waals surface area (Å²) in [6.07, 6.45) is 71.8. The number of phosphoric acid groups is 2. The summed E-state index contributed by atoms with van der Waals surface area (Å²) in [5.74, 6) is -0.597. The molecule has 0 saturated carbocycles. The van der Waals surface area contributed by atoms with Gasteiger partial charge < -0.3 is 33.8 Å². The van der Waals surface area contributed by atoms with Gasteiger partial charge in [-0.25, -0.2) is 9.13 Å².